The van der Waals surface area contributed by atoms with Gasteiger partial charge in [0.1, 0.15) is 0 Å². The third-order valence-electron chi connectivity index (χ3n) is 2.48. The van der Waals surface area contributed by atoms with Gasteiger partial charge in [0.25, 0.3) is 0 Å². The van der Waals surface area contributed by atoms with Crippen molar-refractivity contribution in [3.8, 4) is 0 Å². The molecule has 1 atom stereocenters. The van der Waals surface area contributed by atoms with E-state index in [1.807, 2.05) is 0 Å². The second kappa shape index (κ2) is 6.38. The summed E-state index contributed by atoms with van der Waals surface area (Å²) in [6.45, 7) is 8.85. The Hall–Kier alpha value is -0.120. The smallest absolute Gasteiger partial charge is 0.0667 e. The lowest BCUT2D eigenvalue weighted by Gasteiger charge is -2.29. The summed E-state index contributed by atoms with van der Waals surface area (Å²) in [5.74, 6) is 0.613. The largest absolute Gasteiger partial charge is 0.392 e. The van der Waals surface area contributed by atoms with Crippen molar-refractivity contribution in [2.24, 2.45) is 5.92 Å². The van der Waals surface area contributed by atoms with Crippen LogP contribution >= 0.6 is 0 Å². The molecule has 3 nitrogen and oxygen atoms in total. The van der Waals surface area contributed by atoms with E-state index in [2.05, 4.69) is 18.7 Å². The Kier molecular flexibility index (Phi) is 5.45. The van der Waals surface area contributed by atoms with Gasteiger partial charge in [-0.15, -0.1) is 0 Å². The molecule has 0 aromatic rings. The second-order valence-electron chi connectivity index (χ2n) is 4.57. The van der Waals surface area contributed by atoms with Gasteiger partial charge in [0.2, 0.25) is 0 Å². The van der Waals surface area contributed by atoms with Crippen LogP contribution in [0.2, 0.25) is 0 Å². The van der Waals surface area contributed by atoms with Gasteiger partial charge in [-0.25, -0.2) is 0 Å². The molecule has 0 bridgehead atoms. The SMILES string of the molecule is CC(C)COCCN1CCCC(O)C1. The molecule has 84 valence electrons. The average molecular weight is 201 g/mol. The molecule has 0 radical (unpaired) electrons. The van der Waals surface area contributed by atoms with E-state index in [1.165, 1.54) is 0 Å². The van der Waals surface area contributed by atoms with Crippen molar-refractivity contribution in [2.45, 2.75) is 32.8 Å². The van der Waals surface area contributed by atoms with E-state index in [9.17, 15) is 5.11 Å². The van der Waals surface area contributed by atoms with Crippen molar-refractivity contribution in [3.05, 3.63) is 0 Å². The van der Waals surface area contributed by atoms with Crippen LogP contribution in [-0.4, -0.2) is 49.0 Å². The van der Waals surface area contributed by atoms with Crippen molar-refractivity contribution in [2.75, 3.05) is 32.8 Å². The number of likely N-dealkylation sites (tertiary alicyclic amines) is 1. The van der Waals surface area contributed by atoms with Crippen LogP contribution in [0.5, 0.6) is 0 Å². The zero-order valence-electron chi connectivity index (χ0n) is 9.41. The molecule has 14 heavy (non-hydrogen) atoms. The van der Waals surface area contributed by atoms with E-state index >= 15 is 0 Å². The minimum Gasteiger partial charge on any atom is -0.392 e. The molecule has 1 fully saturated rings. The lowest BCUT2D eigenvalue weighted by atomic mass is 10.1. The Morgan fingerprint density at radius 2 is 2.29 bits per heavy atom. The molecule has 1 aliphatic heterocycles. The normalized spacial score (nSPS) is 24.4. The number of aliphatic hydroxyl groups is 1. The number of aliphatic hydroxyl groups excluding tert-OH is 1. The Morgan fingerprint density at radius 3 is 2.93 bits per heavy atom. The highest BCUT2D eigenvalue weighted by Gasteiger charge is 2.16. The molecule has 0 aliphatic carbocycles. The average Bonchev–Trinajstić information content (AvgIpc) is 2.12. The fourth-order valence-electron chi connectivity index (χ4n) is 1.75. The molecule has 3 heteroatoms. The van der Waals surface area contributed by atoms with Crippen LogP contribution in [0.3, 0.4) is 0 Å². The van der Waals surface area contributed by atoms with E-state index in [4.69, 9.17) is 4.74 Å². The number of hydrogen-bond acceptors (Lipinski definition) is 3. The Labute approximate surface area is 87.1 Å². The van der Waals surface area contributed by atoms with Gasteiger partial charge in [-0.3, -0.25) is 4.90 Å². The zero-order valence-corrected chi connectivity index (χ0v) is 9.41. The molecule has 1 N–H and O–H groups in total. The predicted octanol–water partition coefficient (Wildman–Crippen LogP) is 1.12. The summed E-state index contributed by atoms with van der Waals surface area (Å²) < 4.78 is 5.51. The van der Waals surface area contributed by atoms with Crippen LogP contribution in [-0.2, 0) is 4.74 Å². The van der Waals surface area contributed by atoms with Crippen LogP contribution in [0.25, 0.3) is 0 Å². The molecular formula is C11H23NO2. The molecule has 1 aliphatic rings. The minimum atomic E-state index is -0.117. The van der Waals surface area contributed by atoms with Gasteiger partial charge < -0.3 is 9.84 Å². The summed E-state index contributed by atoms with van der Waals surface area (Å²) in [4.78, 5) is 2.29. The first-order valence-electron chi connectivity index (χ1n) is 5.66. The Morgan fingerprint density at radius 1 is 1.50 bits per heavy atom. The highest BCUT2D eigenvalue weighted by atomic mass is 16.5. The van der Waals surface area contributed by atoms with E-state index in [0.717, 1.165) is 45.7 Å². The zero-order chi connectivity index (χ0) is 10.4. The first-order valence-corrected chi connectivity index (χ1v) is 5.66. The van der Waals surface area contributed by atoms with Gasteiger partial charge in [-0.05, 0) is 25.3 Å². The van der Waals surface area contributed by atoms with Gasteiger partial charge in [-0.2, -0.15) is 0 Å². The molecule has 0 aromatic heterocycles. The summed E-state index contributed by atoms with van der Waals surface area (Å²) in [5, 5.41) is 9.44. The first kappa shape index (κ1) is 12.0. The summed E-state index contributed by atoms with van der Waals surface area (Å²) in [6, 6.07) is 0. The molecule has 0 spiro atoms. The summed E-state index contributed by atoms with van der Waals surface area (Å²) in [5.41, 5.74) is 0. The van der Waals surface area contributed by atoms with Gasteiger partial charge in [-0.1, -0.05) is 13.8 Å². The number of nitrogens with zero attached hydrogens (tertiary/aromatic N) is 1. The topological polar surface area (TPSA) is 32.7 Å². The predicted molar refractivity (Wildman–Crippen MR) is 57.3 cm³/mol. The van der Waals surface area contributed by atoms with E-state index in [1.54, 1.807) is 0 Å². The van der Waals surface area contributed by atoms with Gasteiger partial charge in [0.15, 0.2) is 0 Å². The fourth-order valence-corrected chi connectivity index (χ4v) is 1.75. The molecule has 1 heterocycles. The van der Waals surface area contributed by atoms with E-state index in [-0.39, 0.29) is 6.10 Å². The molecule has 1 rings (SSSR count). The van der Waals surface area contributed by atoms with Crippen LogP contribution in [0.15, 0.2) is 0 Å². The second-order valence-corrected chi connectivity index (χ2v) is 4.57. The molecule has 0 amide bonds. The lowest BCUT2D eigenvalue weighted by molar-refractivity contribution is 0.0396. The maximum Gasteiger partial charge on any atom is 0.0667 e. The van der Waals surface area contributed by atoms with Gasteiger partial charge >= 0.3 is 0 Å². The fraction of sp³-hybridized carbons (Fsp3) is 1.00. The number of piperidine rings is 1. The first-order chi connectivity index (χ1) is 6.68. The van der Waals surface area contributed by atoms with Crippen LogP contribution in [0.4, 0.5) is 0 Å². The quantitative estimate of drug-likeness (QED) is 0.676. The van der Waals surface area contributed by atoms with Crippen LogP contribution in [0.1, 0.15) is 26.7 Å². The highest BCUT2D eigenvalue weighted by molar-refractivity contribution is 4.71. The standard InChI is InChI=1S/C11H23NO2/c1-10(2)9-14-7-6-12-5-3-4-11(13)8-12/h10-11,13H,3-9H2,1-2H3. The minimum absolute atomic E-state index is 0.117. The van der Waals surface area contributed by atoms with Crippen molar-refractivity contribution >= 4 is 0 Å². The summed E-state index contributed by atoms with van der Waals surface area (Å²) in [6.07, 6.45) is 1.96. The third-order valence-corrected chi connectivity index (χ3v) is 2.48. The number of β-amino-alcohol motifs (C(OH)–C–C–N with tert-alkyl or cyclic N) is 1. The maximum atomic E-state index is 9.44. The molecular weight excluding hydrogens is 178 g/mol. The van der Waals surface area contributed by atoms with Crippen LogP contribution < -0.4 is 0 Å². The van der Waals surface area contributed by atoms with Crippen LogP contribution in [0, 0.1) is 5.92 Å². The number of ether oxygens (including phenoxy) is 1. The molecule has 1 unspecified atom stereocenters. The number of rotatable bonds is 5. The highest BCUT2D eigenvalue weighted by Crippen LogP contribution is 2.08. The van der Waals surface area contributed by atoms with Gasteiger partial charge in [0.05, 0.1) is 12.7 Å². The number of hydrogen-bond donors (Lipinski definition) is 1. The molecule has 0 saturated carbocycles. The molecule has 0 aromatic carbocycles. The summed E-state index contributed by atoms with van der Waals surface area (Å²) >= 11 is 0. The Bertz CT molecular complexity index is 150. The third kappa shape index (κ3) is 4.94. The van der Waals surface area contributed by atoms with Crippen molar-refractivity contribution in [1.82, 2.24) is 4.90 Å². The monoisotopic (exact) mass is 201 g/mol. The maximum absolute atomic E-state index is 9.44. The van der Waals surface area contributed by atoms with E-state index < -0.39 is 0 Å². The van der Waals surface area contributed by atoms with Crippen molar-refractivity contribution in [1.29, 1.82) is 0 Å². The van der Waals surface area contributed by atoms with Gasteiger partial charge in [0, 0.05) is 19.7 Å². The Balaban J connectivity index is 2.00. The molecule has 1 saturated heterocycles. The van der Waals surface area contributed by atoms with Crippen molar-refractivity contribution in [3.63, 3.8) is 0 Å². The lowest BCUT2D eigenvalue weighted by Crippen LogP contribution is -2.40. The van der Waals surface area contributed by atoms with Crippen molar-refractivity contribution < 1.29 is 9.84 Å². The summed E-state index contributed by atoms with van der Waals surface area (Å²) in [7, 11) is 0. The van der Waals surface area contributed by atoms with E-state index in [0.29, 0.717) is 5.92 Å².